The zero-order valence-electron chi connectivity index (χ0n) is 11.6. The van der Waals surface area contributed by atoms with E-state index in [1.165, 1.54) is 0 Å². The molecule has 0 aliphatic rings. The Morgan fingerprint density at radius 3 is 1.88 bits per heavy atom. The van der Waals surface area contributed by atoms with Crippen molar-refractivity contribution < 1.29 is 9.59 Å². The van der Waals surface area contributed by atoms with Gasteiger partial charge in [0.1, 0.15) is 6.04 Å². The summed E-state index contributed by atoms with van der Waals surface area (Å²) in [6.07, 6.45) is 0. The molecule has 2 atom stereocenters. The normalized spacial score (nSPS) is 15.3. The first-order valence-corrected chi connectivity index (χ1v) is 5.92. The third kappa shape index (κ3) is 6.26. The maximum absolute atomic E-state index is 11.7. The van der Waals surface area contributed by atoms with E-state index < -0.39 is 12.1 Å². The van der Waals surface area contributed by atoms with Gasteiger partial charge in [-0.05, 0) is 33.6 Å². The smallest absolute Gasteiger partial charge is 0.242 e. The Morgan fingerprint density at radius 1 is 1.06 bits per heavy atom. The molecule has 0 fully saturated rings. The Kier molecular flexibility index (Phi) is 5.61. The number of hydrogen-bond acceptors (Lipinski definition) is 3. The molecule has 0 aliphatic carbocycles. The van der Waals surface area contributed by atoms with Gasteiger partial charge < -0.3 is 16.4 Å². The van der Waals surface area contributed by atoms with Crippen LogP contribution < -0.4 is 16.4 Å². The molecule has 0 aromatic rings. The maximum atomic E-state index is 11.7. The van der Waals surface area contributed by atoms with Crippen LogP contribution in [0.4, 0.5) is 0 Å². The molecule has 0 rings (SSSR count). The minimum atomic E-state index is -0.583. The second kappa shape index (κ2) is 6.00. The van der Waals surface area contributed by atoms with E-state index in [0.717, 1.165) is 0 Å². The van der Waals surface area contributed by atoms with Gasteiger partial charge in [0.25, 0.3) is 0 Å². The number of rotatable bonds is 4. The van der Waals surface area contributed by atoms with Crippen LogP contribution in [0.25, 0.3) is 0 Å². The van der Waals surface area contributed by atoms with E-state index in [1.54, 1.807) is 6.92 Å². The van der Waals surface area contributed by atoms with Gasteiger partial charge in [0.05, 0.1) is 6.04 Å². The molecule has 0 saturated heterocycles. The molecule has 0 bridgehead atoms. The third-order valence-electron chi connectivity index (χ3n) is 2.27. The van der Waals surface area contributed by atoms with E-state index in [4.69, 9.17) is 5.73 Å². The van der Waals surface area contributed by atoms with E-state index in [1.807, 2.05) is 34.6 Å². The standard InChI is InChI=1S/C12H25N3O2/c1-7(2)9(13)11(17)14-8(3)10(16)15-12(4,5)6/h7-9H,13H2,1-6H3,(H,14,17)(H,15,16)/t8-,9?/m0/s1. The summed E-state index contributed by atoms with van der Waals surface area (Å²) in [5.74, 6) is -0.453. The van der Waals surface area contributed by atoms with Crippen molar-refractivity contribution in [1.29, 1.82) is 0 Å². The van der Waals surface area contributed by atoms with Gasteiger partial charge in [0, 0.05) is 5.54 Å². The molecule has 0 radical (unpaired) electrons. The molecule has 100 valence electrons. The van der Waals surface area contributed by atoms with Crippen LogP contribution in [0.1, 0.15) is 41.5 Å². The van der Waals surface area contributed by atoms with Crippen LogP contribution in [0.2, 0.25) is 0 Å². The van der Waals surface area contributed by atoms with Gasteiger partial charge in [-0.1, -0.05) is 13.8 Å². The topological polar surface area (TPSA) is 84.2 Å². The molecule has 4 N–H and O–H groups in total. The Balaban J connectivity index is 4.31. The van der Waals surface area contributed by atoms with Crippen LogP contribution in [0.5, 0.6) is 0 Å². The quantitative estimate of drug-likeness (QED) is 0.668. The predicted octanol–water partition coefficient (Wildman–Crippen LogP) is 0.389. The first kappa shape index (κ1) is 15.9. The highest BCUT2D eigenvalue weighted by Crippen LogP contribution is 2.01. The van der Waals surface area contributed by atoms with Gasteiger partial charge in [0.15, 0.2) is 0 Å². The second-order valence-corrected chi connectivity index (χ2v) is 5.74. The molecule has 17 heavy (non-hydrogen) atoms. The zero-order chi connectivity index (χ0) is 13.8. The second-order valence-electron chi connectivity index (χ2n) is 5.74. The van der Waals surface area contributed by atoms with E-state index in [0.29, 0.717) is 0 Å². The minimum Gasteiger partial charge on any atom is -0.350 e. The lowest BCUT2D eigenvalue weighted by atomic mass is 10.0. The first-order valence-electron chi connectivity index (χ1n) is 5.92. The van der Waals surface area contributed by atoms with Gasteiger partial charge in [-0.25, -0.2) is 0 Å². The number of nitrogens with two attached hydrogens (primary N) is 1. The average molecular weight is 243 g/mol. The number of nitrogens with one attached hydrogen (secondary N) is 2. The molecule has 1 unspecified atom stereocenters. The Morgan fingerprint density at radius 2 is 1.53 bits per heavy atom. The predicted molar refractivity (Wildman–Crippen MR) is 68.3 cm³/mol. The lowest BCUT2D eigenvalue weighted by Gasteiger charge is -2.24. The van der Waals surface area contributed by atoms with E-state index >= 15 is 0 Å². The molecule has 0 aromatic carbocycles. The Hall–Kier alpha value is -1.10. The fourth-order valence-corrected chi connectivity index (χ4v) is 1.16. The first-order chi connectivity index (χ1) is 7.54. The highest BCUT2D eigenvalue weighted by molar-refractivity contribution is 5.89. The molecule has 0 saturated carbocycles. The van der Waals surface area contributed by atoms with Crippen molar-refractivity contribution in [1.82, 2.24) is 10.6 Å². The summed E-state index contributed by atoms with van der Waals surface area (Å²) in [5, 5.41) is 5.41. The van der Waals surface area contributed by atoms with Gasteiger partial charge >= 0.3 is 0 Å². The van der Waals surface area contributed by atoms with Crippen LogP contribution in [-0.4, -0.2) is 29.4 Å². The van der Waals surface area contributed by atoms with E-state index in [9.17, 15) is 9.59 Å². The maximum Gasteiger partial charge on any atom is 0.242 e. The molecule has 0 aromatic heterocycles. The van der Waals surface area contributed by atoms with Crippen molar-refractivity contribution in [3.05, 3.63) is 0 Å². The fourth-order valence-electron chi connectivity index (χ4n) is 1.16. The molecule has 2 amide bonds. The van der Waals surface area contributed by atoms with Gasteiger partial charge in [-0.15, -0.1) is 0 Å². The third-order valence-corrected chi connectivity index (χ3v) is 2.27. The van der Waals surface area contributed by atoms with Crippen molar-refractivity contribution >= 4 is 11.8 Å². The van der Waals surface area contributed by atoms with E-state index in [2.05, 4.69) is 10.6 Å². The zero-order valence-corrected chi connectivity index (χ0v) is 11.6. The highest BCUT2D eigenvalue weighted by atomic mass is 16.2. The molecular weight excluding hydrogens is 218 g/mol. The minimum absolute atomic E-state index is 0.0490. The van der Waals surface area contributed by atoms with Crippen LogP contribution in [0.3, 0.4) is 0 Å². The molecule has 0 heterocycles. The van der Waals surface area contributed by atoms with E-state index in [-0.39, 0.29) is 23.3 Å². The molecule has 0 spiro atoms. The average Bonchev–Trinajstić information content (AvgIpc) is 2.13. The van der Waals surface area contributed by atoms with Crippen molar-refractivity contribution in [3.63, 3.8) is 0 Å². The number of amides is 2. The summed E-state index contributed by atoms with van der Waals surface area (Å²) < 4.78 is 0. The lowest BCUT2D eigenvalue weighted by Crippen LogP contribution is -2.54. The fraction of sp³-hybridized carbons (Fsp3) is 0.833. The number of carbonyl (C=O) groups excluding carboxylic acids is 2. The molecule has 0 aliphatic heterocycles. The monoisotopic (exact) mass is 243 g/mol. The van der Waals surface area contributed by atoms with Crippen LogP contribution in [-0.2, 0) is 9.59 Å². The lowest BCUT2D eigenvalue weighted by molar-refractivity contribution is -0.130. The van der Waals surface area contributed by atoms with Gasteiger partial charge in [0.2, 0.25) is 11.8 Å². The van der Waals surface area contributed by atoms with Crippen LogP contribution in [0.15, 0.2) is 0 Å². The van der Waals surface area contributed by atoms with Gasteiger partial charge in [-0.3, -0.25) is 9.59 Å². The van der Waals surface area contributed by atoms with Crippen molar-refractivity contribution in [3.8, 4) is 0 Å². The largest absolute Gasteiger partial charge is 0.350 e. The van der Waals surface area contributed by atoms with Crippen molar-refractivity contribution in [2.75, 3.05) is 0 Å². The van der Waals surface area contributed by atoms with Crippen molar-refractivity contribution in [2.45, 2.75) is 59.2 Å². The SMILES string of the molecule is CC(C)C(N)C(=O)N[C@@H](C)C(=O)NC(C)(C)C. The van der Waals surface area contributed by atoms with Gasteiger partial charge in [-0.2, -0.15) is 0 Å². The highest BCUT2D eigenvalue weighted by Gasteiger charge is 2.24. The summed E-state index contributed by atoms with van der Waals surface area (Å²) >= 11 is 0. The van der Waals surface area contributed by atoms with Crippen molar-refractivity contribution in [2.24, 2.45) is 11.7 Å². The Labute approximate surface area is 104 Å². The summed E-state index contributed by atoms with van der Waals surface area (Å²) in [6.45, 7) is 11.0. The summed E-state index contributed by atoms with van der Waals surface area (Å²) in [6, 6.07) is -1.16. The summed E-state index contributed by atoms with van der Waals surface area (Å²) in [5.41, 5.74) is 5.38. The molecule has 5 heteroatoms. The van der Waals surface area contributed by atoms with Crippen LogP contribution >= 0.6 is 0 Å². The molecular formula is C12H25N3O2. The Bertz CT molecular complexity index is 282. The molecule has 5 nitrogen and oxygen atoms in total. The summed E-state index contributed by atoms with van der Waals surface area (Å²) in [4.78, 5) is 23.4. The van der Waals surface area contributed by atoms with Crippen LogP contribution in [0, 0.1) is 5.92 Å². The summed E-state index contributed by atoms with van der Waals surface area (Å²) in [7, 11) is 0. The number of hydrogen-bond donors (Lipinski definition) is 3. The number of carbonyl (C=O) groups is 2.